The van der Waals surface area contributed by atoms with Gasteiger partial charge in [-0.25, -0.2) is 0 Å². The van der Waals surface area contributed by atoms with Crippen LogP contribution in [0.2, 0.25) is 0 Å². The zero-order chi connectivity index (χ0) is 15.2. The molecule has 21 heavy (non-hydrogen) atoms. The number of ketones is 1. The van der Waals surface area contributed by atoms with Crippen LogP contribution in [0, 0.1) is 0 Å². The molecule has 0 unspecified atom stereocenters. The molecule has 1 aromatic heterocycles. The topological polar surface area (TPSA) is 93.3 Å². The number of aromatic amines is 1. The minimum atomic E-state index is -0.325. The second-order valence-electron chi connectivity index (χ2n) is 4.25. The molecule has 0 bridgehead atoms. The number of nitrogens with zero attached hydrogens (tertiary/aromatic N) is 1. The van der Waals surface area contributed by atoms with Crippen LogP contribution in [-0.2, 0) is 4.79 Å². The van der Waals surface area contributed by atoms with Crippen molar-refractivity contribution in [3.63, 3.8) is 0 Å². The van der Waals surface area contributed by atoms with Gasteiger partial charge in [0.2, 0.25) is 0 Å². The van der Waals surface area contributed by atoms with Crippen molar-refractivity contribution in [1.29, 1.82) is 0 Å². The number of nitrogens with one attached hydrogen (secondary N) is 2. The molecule has 0 aliphatic heterocycles. The van der Waals surface area contributed by atoms with Crippen LogP contribution >= 0.6 is 0 Å². The molecule has 1 amide bonds. The zero-order valence-corrected chi connectivity index (χ0v) is 11.7. The van der Waals surface area contributed by atoms with Gasteiger partial charge in [0, 0.05) is 11.8 Å². The van der Waals surface area contributed by atoms with Crippen molar-refractivity contribution in [1.82, 2.24) is 10.2 Å². The van der Waals surface area contributed by atoms with Crippen LogP contribution in [0.1, 0.15) is 17.3 Å². The normalized spacial score (nSPS) is 10.0. The Kier molecular flexibility index (Phi) is 4.55. The Balaban J connectivity index is 1.99. The minimum absolute atomic E-state index is 0.0717. The number of hydrogen-bond donors (Lipinski definition) is 2. The summed E-state index contributed by atoms with van der Waals surface area (Å²) in [6.45, 7) is 1.29. The Hall–Kier alpha value is -2.83. The molecule has 0 aliphatic carbocycles. The quantitative estimate of drug-likeness (QED) is 0.788. The molecule has 2 aromatic rings. The molecule has 0 saturated heterocycles. The van der Waals surface area contributed by atoms with E-state index in [1.807, 2.05) is 0 Å². The van der Waals surface area contributed by atoms with E-state index >= 15 is 0 Å². The lowest BCUT2D eigenvalue weighted by Crippen LogP contribution is -2.20. The van der Waals surface area contributed by atoms with E-state index in [1.54, 1.807) is 24.4 Å². The van der Waals surface area contributed by atoms with Crippen LogP contribution in [0.3, 0.4) is 0 Å². The van der Waals surface area contributed by atoms with Gasteiger partial charge in [0.05, 0.1) is 19.0 Å². The van der Waals surface area contributed by atoms with Gasteiger partial charge in [0.1, 0.15) is 0 Å². The monoisotopic (exact) mass is 289 g/mol. The van der Waals surface area contributed by atoms with Crippen molar-refractivity contribution in [3.05, 3.63) is 36.2 Å². The molecular formula is C14H15N3O4. The average Bonchev–Trinajstić information content (AvgIpc) is 2.97. The van der Waals surface area contributed by atoms with Crippen molar-refractivity contribution in [3.8, 4) is 11.5 Å². The second-order valence-corrected chi connectivity index (χ2v) is 4.25. The minimum Gasteiger partial charge on any atom is -0.493 e. The Morgan fingerprint density at radius 3 is 2.76 bits per heavy atom. The Morgan fingerprint density at radius 2 is 2.14 bits per heavy atom. The molecule has 110 valence electrons. The summed E-state index contributed by atoms with van der Waals surface area (Å²) in [7, 11) is 1.47. The fourth-order valence-electron chi connectivity index (χ4n) is 1.67. The lowest BCUT2D eigenvalue weighted by molar-refractivity contribution is -0.118. The van der Waals surface area contributed by atoms with E-state index in [2.05, 4.69) is 15.5 Å². The third kappa shape index (κ3) is 3.82. The first-order chi connectivity index (χ1) is 10.1. The number of benzene rings is 1. The third-order valence-electron chi connectivity index (χ3n) is 2.71. The molecular weight excluding hydrogens is 274 g/mol. The number of amides is 1. The van der Waals surface area contributed by atoms with E-state index in [4.69, 9.17) is 9.47 Å². The van der Waals surface area contributed by atoms with E-state index in [1.165, 1.54) is 20.2 Å². The molecule has 0 radical (unpaired) electrons. The van der Waals surface area contributed by atoms with Crippen molar-refractivity contribution in [2.24, 2.45) is 0 Å². The van der Waals surface area contributed by atoms with E-state index in [-0.39, 0.29) is 18.3 Å². The van der Waals surface area contributed by atoms with Crippen LogP contribution in [0.25, 0.3) is 0 Å². The summed E-state index contributed by atoms with van der Waals surface area (Å²) in [6, 6.07) is 4.79. The van der Waals surface area contributed by atoms with E-state index in [0.717, 1.165) is 0 Å². The van der Waals surface area contributed by atoms with Crippen molar-refractivity contribution in [2.45, 2.75) is 6.92 Å². The molecule has 0 fully saturated rings. The first kappa shape index (κ1) is 14.6. The first-order valence-corrected chi connectivity index (χ1v) is 6.20. The highest BCUT2D eigenvalue weighted by Gasteiger charge is 2.10. The summed E-state index contributed by atoms with van der Waals surface area (Å²) in [5, 5.41) is 8.91. The smallest absolute Gasteiger partial charge is 0.262 e. The van der Waals surface area contributed by atoms with Crippen LogP contribution in [0.15, 0.2) is 30.6 Å². The number of rotatable bonds is 6. The summed E-state index contributed by atoms with van der Waals surface area (Å²) in [5.74, 6) is 0.398. The number of carbonyl (C=O) groups excluding carboxylic acids is 2. The maximum absolute atomic E-state index is 11.7. The highest BCUT2D eigenvalue weighted by Crippen LogP contribution is 2.28. The van der Waals surface area contributed by atoms with Crippen LogP contribution in [0.5, 0.6) is 11.5 Å². The summed E-state index contributed by atoms with van der Waals surface area (Å²) in [4.78, 5) is 23.0. The molecule has 1 aromatic carbocycles. The highest BCUT2D eigenvalue weighted by molar-refractivity contribution is 5.95. The molecule has 0 spiro atoms. The van der Waals surface area contributed by atoms with Gasteiger partial charge in [-0.3, -0.25) is 14.7 Å². The number of carbonyl (C=O) groups is 2. The lowest BCUT2D eigenvalue weighted by Gasteiger charge is -2.11. The maximum Gasteiger partial charge on any atom is 0.262 e. The predicted molar refractivity (Wildman–Crippen MR) is 75.7 cm³/mol. The fraction of sp³-hybridized carbons (Fsp3) is 0.214. The van der Waals surface area contributed by atoms with Crippen molar-refractivity contribution < 1.29 is 19.1 Å². The van der Waals surface area contributed by atoms with Crippen LogP contribution in [0.4, 0.5) is 5.69 Å². The SMILES string of the molecule is COc1cc(C(C)=O)ccc1OCC(=O)Nc1cn[nH]c1. The van der Waals surface area contributed by atoms with Gasteiger partial charge >= 0.3 is 0 Å². The van der Waals surface area contributed by atoms with E-state index in [9.17, 15) is 9.59 Å². The molecule has 2 N–H and O–H groups in total. The molecule has 7 nitrogen and oxygen atoms in total. The molecule has 7 heteroatoms. The number of H-pyrrole nitrogens is 1. The zero-order valence-electron chi connectivity index (χ0n) is 11.7. The summed E-state index contributed by atoms with van der Waals surface area (Å²) >= 11 is 0. The molecule has 0 aliphatic rings. The molecule has 0 saturated carbocycles. The van der Waals surface area contributed by atoms with Crippen LogP contribution in [-0.4, -0.2) is 35.6 Å². The number of anilines is 1. The van der Waals surface area contributed by atoms with E-state index < -0.39 is 0 Å². The lowest BCUT2D eigenvalue weighted by atomic mass is 10.1. The first-order valence-electron chi connectivity index (χ1n) is 6.20. The standard InChI is InChI=1S/C14H15N3O4/c1-9(18)10-3-4-12(13(5-10)20-2)21-8-14(19)17-11-6-15-16-7-11/h3-7H,8H2,1-2H3,(H,15,16)(H,17,19). The molecule has 0 atom stereocenters. The number of Topliss-reactive ketones (excluding diaryl/α,β-unsaturated/α-hetero) is 1. The van der Waals surface area contributed by atoms with Gasteiger partial charge in [-0.05, 0) is 25.1 Å². The highest BCUT2D eigenvalue weighted by atomic mass is 16.5. The number of methoxy groups -OCH3 is 1. The van der Waals surface area contributed by atoms with Gasteiger partial charge in [-0.2, -0.15) is 5.10 Å². The molecule has 1 heterocycles. The second kappa shape index (κ2) is 6.56. The Morgan fingerprint density at radius 1 is 1.33 bits per heavy atom. The largest absolute Gasteiger partial charge is 0.493 e. The fourth-order valence-corrected chi connectivity index (χ4v) is 1.67. The van der Waals surface area contributed by atoms with Gasteiger partial charge in [0.15, 0.2) is 23.9 Å². The average molecular weight is 289 g/mol. The van der Waals surface area contributed by atoms with Crippen molar-refractivity contribution in [2.75, 3.05) is 19.0 Å². The van der Waals surface area contributed by atoms with Gasteiger partial charge < -0.3 is 14.8 Å². The van der Waals surface area contributed by atoms with E-state index in [0.29, 0.717) is 22.7 Å². The number of aromatic nitrogens is 2. The summed E-state index contributed by atoms with van der Waals surface area (Å²) in [6.07, 6.45) is 3.04. The van der Waals surface area contributed by atoms with Gasteiger partial charge in [-0.1, -0.05) is 0 Å². The van der Waals surface area contributed by atoms with Crippen molar-refractivity contribution >= 4 is 17.4 Å². The van der Waals surface area contributed by atoms with Crippen LogP contribution < -0.4 is 14.8 Å². The predicted octanol–water partition coefficient (Wildman–Crippen LogP) is 1.64. The Bertz CT molecular complexity index is 638. The number of ether oxygens (including phenoxy) is 2. The maximum atomic E-state index is 11.7. The summed E-state index contributed by atoms with van der Waals surface area (Å²) < 4.78 is 10.5. The Labute approximate surface area is 121 Å². The molecule has 2 rings (SSSR count). The van der Waals surface area contributed by atoms with Gasteiger partial charge in [0.25, 0.3) is 5.91 Å². The van der Waals surface area contributed by atoms with Gasteiger partial charge in [-0.15, -0.1) is 0 Å². The summed E-state index contributed by atoms with van der Waals surface area (Å²) in [5.41, 5.74) is 1.07. The number of hydrogen-bond acceptors (Lipinski definition) is 5. The third-order valence-corrected chi connectivity index (χ3v) is 2.71.